The summed E-state index contributed by atoms with van der Waals surface area (Å²) < 4.78 is 0. The van der Waals surface area contributed by atoms with E-state index in [4.69, 9.17) is 0 Å². The topological polar surface area (TPSA) is 66.5 Å². The third-order valence-corrected chi connectivity index (χ3v) is 7.96. The van der Waals surface area contributed by atoms with Gasteiger partial charge in [0.25, 0.3) is 5.24 Å². The Labute approximate surface area is 161 Å². The molecule has 0 bridgehead atoms. The van der Waals surface area contributed by atoms with Crippen LogP contribution in [0, 0.1) is 0 Å². The molecule has 0 unspecified atom stereocenters. The van der Waals surface area contributed by atoms with Crippen LogP contribution < -0.4 is 5.32 Å². The van der Waals surface area contributed by atoms with Crippen LogP contribution in [0.3, 0.4) is 0 Å². The average molecular weight is 393 g/mol. The lowest BCUT2D eigenvalue weighted by atomic mass is 9.82. The van der Waals surface area contributed by atoms with Crippen LogP contribution in [0.5, 0.6) is 0 Å². The maximum Gasteiger partial charge on any atom is 0.289 e. The van der Waals surface area contributed by atoms with Crippen molar-refractivity contribution in [3.8, 4) is 0 Å². The van der Waals surface area contributed by atoms with Crippen molar-refractivity contribution in [2.45, 2.75) is 68.9 Å². The van der Waals surface area contributed by atoms with Crippen LogP contribution in [0.15, 0.2) is 17.5 Å². The standard InChI is InChI=1S/C19H24N2O3S2/c22-16-12-26-18(24)21(16)14-7-2-1-6-13(14)20-17(23)19(9-3-4-10-19)15-8-5-11-25-15/h5,8,11,13-14H,1-4,6-7,9-10,12H2,(H,20,23)/t13-,14+/m0/s1. The molecule has 140 valence electrons. The van der Waals surface area contributed by atoms with E-state index in [1.165, 1.54) is 4.90 Å². The summed E-state index contributed by atoms with van der Waals surface area (Å²) in [6, 6.07) is 3.76. The number of thiophene rings is 1. The van der Waals surface area contributed by atoms with Gasteiger partial charge in [-0.25, -0.2) is 0 Å². The van der Waals surface area contributed by atoms with E-state index >= 15 is 0 Å². The molecular weight excluding hydrogens is 368 g/mol. The van der Waals surface area contributed by atoms with Crippen molar-refractivity contribution < 1.29 is 14.4 Å². The third-order valence-electron chi connectivity index (χ3n) is 6.05. The number of nitrogens with one attached hydrogen (secondary N) is 1. The predicted molar refractivity (Wildman–Crippen MR) is 103 cm³/mol. The molecule has 1 aliphatic heterocycles. The molecule has 5 nitrogen and oxygen atoms in total. The lowest BCUT2D eigenvalue weighted by Gasteiger charge is -2.39. The Hall–Kier alpha value is -1.34. The Morgan fingerprint density at radius 2 is 1.92 bits per heavy atom. The first-order valence-electron chi connectivity index (χ1n) is 9.45. The van der Waals surface area contributed by atoms with Crippen molar-refractivity contribution in [1.82, 2.24) is 10.2 Å². The van der Waals surface area contributed by atoms with Gasteiger partial charge in [0, 0.05) is 10.9 Å². The minimum atomic E-state index is -0.427. The normalized spacial score (nSPS) is 28.5. The second-order valence-electron chi connectivity index (χ2n) is 7.52. The van der Waals surface area contributed by atoms with E-state index in [2.05, 4.69) is 11.4 Å². The Bertz CT molecular complexity index is 682. The Morgan fingerprint density at radius 1 is 1.15 bits per heavy atom. The molecule has 2 heterocycles. The maximum absolute atomic E-state index is 13.4. The molecule has 4 rings (SSSR count). The van der Waals surface area contributed by atoms with Crippen molar-refractivity contribution in [2.24, 2.45) is 0 Å². The predicted octanol–water partition coefficient (Wildman–Crippen LogP) is 3.68. The Kier molecular flexibility index (Phi) is 5.10. The molecule has 0 radical (unpaired) electrons. The minimum absolute atomic E-state index is 0.0843. The summed E-state index contributed by atoms with van der Waals surface area (Å²) in [7, 11) is 0. The molecule has 2 saturated carbocycles. The molecule has 0 spiro atoms. The highest BCUT2D eigenvalue weighted by molar-refractivity contribution is 8.14. The first-order valence-corrected chi connectivity index (χ1v) is 11.3. The number of hydrogen-bond donors (Lipinski definition) is 1. The molecule has 1 N–H and O–H groups in total. The van der Waals surface area contributed by atoms with Gasteiger partial charge in [0.05, 0.1) is 17.2 Å². The van der Waals surface area contributed by atoms with Crippen LogP contribution >= 0.6 is 23.1 Å². The van der Waals surface area contributed by atoms with Crippen LogP contribution in [0.4, 0.5) is 4.79 Å². The molecule has 3 fully saturated rings. The van der Waals surface area contributed by atoms with Gasteiger partial charge in [-0.1, -0.05) is 43.5 Å². The number of hydrogen-bond acceptors (Lipinski definition) is 5. The van der Waals surface area contributed by atoms with Crippen molar-refractivity contribution in [3.63, 3.8) is 0 Å². The van der Waals surface area contributed by atoms with Crippen molar-refractivity contribution in [3.05, 3.63) is 22.4 Å². The molecule has 1 saturated heterocycles. The summed E-state index contributed by atoms with van der Waals surface area (Å²) in [5.74, 6) is 0.205. The molecule has 7 heteroatoms. The zero-order valence-electron chi connectivity index (χ0n) is 14.7. The summed E-state index contributed by atoms with van der Waals surface area (Å²) in [4.78, 5) is 40.3. The van der Waals surface area contributed by atoms with Gasteiger partial charge in [-0.2, -0.15) is 0 Å². The minimum Gasteiger partial charge on any atom is -0.350 e. The van der Waals surface area contributed by atoms with Gasteiger partial charge in [-0.15, -0.1) is 11.3 Å². The number of carbonyl (C=O) groups is 3. The highest BCUT2D eigenvalue weighted by atomic mass is 32.2. The van der Waals surface area contributed by atoms with Gasteiger partial charge in [0.15, 0.2) is 0 Å². The molecule has 3 aliphatic rings. The number of thioether (sulfide) groups is 1. The van der Waals surface area contributed by atoms with Gasteiger partial charge < -0.3 is 5.32 Å². The highest BCUT2D eigenvalue weighted by Crippen LogP contribution is 2.43. The summed E-state index contributed by atoms with van der Waals surface area (Å²) in [5, 5.41) is 5.15. The Morgan fingerprint density at radius 3 is 2.58 bits per heavy atom. The maximum atomic E-state index is 13.4. The SMILES string of the molecule is O=C1CSC(=O)N1[C@@H]1CCCC[C@@H]1NC(=O)C1(c2cccs2)CCCC1. The molecule has 1 aromatic heterocycles. The molecule has 1 aromatic rings. The van der Waals surface area contributed by atoms with E-state index in [0.29, 0.717) is 0 Å². The van der Waals surface area contributed by atoms with Crippen LogP contribution in [0.2, 0.25) is 0 Å². The number of amides is 3. The largest absolute Gasteiger partial charge is 0.350 e. The fraction of sp³-hybridized carbons (Fsp3) is 0.632. The van der Waals surface area contributed by atoms with E-state index in [1.54, 1.807) is 11.3 Å². The number of rotatable bonds is 4. The average Bonchev–Trinajstić information content (AvgIpc) is 3.37. The monoisotopic (exact) mass is 392 g/mol. The lowest BCUT2D eigenvalue weighted by molar-refractivity contribution is -0.131. The lowest BCUT2D eigenvalue weighted by Crippen LogP contribution is -2.57. The molecule has 0 aromatic carbocycles. The van der Waals surface area contributed by atoms with Crippen LogP contribution in [-0.4, -0.2) is 39.8 Å². The summed E-state index contributed by atoms with van der Waals surface area (Å²) >= 11 is 2.73. The van der Waals surface area contributed by atoms with Gasteiger partial charge in [0.1, 0.15) is 0 Å². The zero-order chi connectivity index (χ0) is 18.1. The molecule has 3 amide bonds. The molecular formula is C19H24N2O3S2. The summed E-state index contributed by atoms with van der Waals surface area (Å²) in [5.41, 5.74) is -0.427. The summed E-state index contributed by atoms with van der Waals surface area (Å²) in [6.07, 6.45) is 7.54. The fourth-order valence-corrected chi connectivity index (χ4v) is 6.44. The second kappa shape index (κ2) is 7.35. The van der Waals surface area contributed by atoms with Gasteiger partial charge >= 0.3 is 0 Å². The number of imide groups is 1. The number of carbonyl (C=O) groups excluding carboxylic acids is 3. The second-order valence-corrected chi connectivity index (χ2v) is 9.39. The molecule has 2 atom stereocenters. The molecule has 2 aliphatic carbocycles. The van der Waals surface area contributed by atoms with Crippen LogP contribution in [-0.2, 0) is 15.0 Å². The van der Waals surface area contributed by atoms with Crippen LogP contribution in [0.1, 0.15) is 56.2 Å². The Balaban J connectivity index is 1.55. The van der Waals surface area contributed by atoms with E-state index in [-0.39, 0.29) is 34.9 Å². The van der Waals surface area contributed by atoms with E-state index in [0.717, 1.165) is 68.0 Å². The first kappa shape index (κ1) is 18.0. The van der Waals surface area contributed by atoms with E-state index in [9.17, 15) is 14.4 Å². The van der Waals surface area contributed by atoms with Gasteiger partial charge in [-0.05, 0) is 37.1 Å². The van der Waals surface area contributed by atoms with Gasteiger partial charge in [-0.3, -0.25) is 19.3 Å². The summed E-state index contributed by atoms with van der Waals surface area (Å²) in [6.45, 7) is 0. The quantitative estimate of drug-likeness (QED) is 0.849. The first-order chi connectivity index (χ1) is 12.6. The third kappa shape index (κ3) is 3.09. The van der Waals surface area contributed by atoms with Gasteiger partial charge in [0.2, 0.25) is 11.8 Å². The van der Waals surface area contributed by atoms with E-state index in [1.807, 2.05) is 11.4 Å². The smallest absolute Gasteiger partial charge is 0.289 e. The van der Waals surface area contributed by atoms with Crippen molar-refractivity contribution in [1.29, 1.82) is 0 Å². The number of nitrogens with zero attached hydrogens (tertiary/aromatic N) is 1. The zero-order valence-corrected chi connectivity index (χ0v) is 16.4. The van der Waals surface area contributed by atoms with Crippen molar-refractivity contribution in [2.75, 3.05) is 5.75 Å². The van der Waals surface area contributed by atoms with Crippen molar-refractivity contribution >= 4 is 40.2 Å². The fourth-order valence-electron chi connectivity index (χ4n) is 4.69. The highest BCUT2D eigenvalue weighted by Gasteiger charge is 2.46. The molecule has 26 heavy (non-hydrogen) atoms. The van der Waals surface area contributed by atoms with Crippen LogP contribution in [0.25, 0.3) is 0 Å². The van der Waals surface area contributed by atoms with E-state index < -0.39 is 5.41 Å².